The number of β-amino-alcohol motifs (C(OH)–C–C–N with tert-alkyl or cyclic N) is 1. The topological polar surface area (TPSA) is 167 Å². The molecule has 0 unspecified atom stereocenters. The second kappa shape index (κ2) is 14.5. The third-order valence-electron chi connectivity index (χ3n) is 6.65. The maximum atomic E-state index is 12.6. The number of aliphatic carboxylic acids is 1. The number of carboxylic acid groups (broad SMARTS) is 1. The van der Waals surface area contributed by atoms with Gasteiger partial charge in [0.15, 0.2) is 0 Å². The molecule has 1 atom stereocenters. The highest BCUT2D eigenvalue weighted by molar-refractivity contribution is 7.92. The first-order valence-electron chi connectivity index (χ1n) is 13.7. The lowest BCUT2D eigenvalue weighted by molar-refractivity contribution is -0.192. The molecule has 0 aliphatic rings. The van der Waals surface area contributed by atoms with Gasteiger partial charge >= 0.3 is 12.1 Å². The number of aryl methyl sites for hydroxylation is 1. The molecule has 46 heavy (non-hydrogen) atoms. The fourth-order valence-corrected chi connectivity index (χ4v) is 5.90. The molecule has 0 saturated carbocycles. The van der Waals surface area contributed by atoms with E-state index in [1.807, 2.05) is 18.3 Å². The number of hydrogen-bond donors (Lipinski definition) is 5. The Balaban J connectivity index is 0.000000738. The molecule has 0 bridgehead atoms. The average Bonchev–Trinajstić information content (AvgIpc) is 3.36. The number of nitrogens with zero attached hydrogens (tertiary/aromatic N) is 1. The molecule has 16 heteroatoms. The summed E-state index contributed by atoms with van der Waals surface area (Å²) in [7, 11) is -7.07. The van der Waals surface area contributed by atoms with Crippen LogP contribution in [0.5, 0.6) is 0 Å². The molecule has 4 aromatic rings. The molecule has 0 spiro atoms. The highest BCUT2D eigenvalue weighted by Crippen LogP contribution is 2.24. The van der Waals surface area contributed by atoms with Crippen LogP contribution >= 0.6 is 0 Å². The van der Waals surface area contributed by atoms with E-state index in [1.165, 1.54) is 12.1 Å². The Morgan fingerprint density at radius 2 is 1.52 bits per heavy atom. The number of benzene rings is 3. The number of halogens is 3. The summed E-state index contributed by atoms with van der Waals surface area (Å²) >= 11 is 0. The number of carbonyl (C=O) groups is 1. The fourth-order valence-electron chi connectivity index (χ4n) is 4.28. The van der Waals surface area contributed by atoms with Crippen molar-refractivity contribution < 1.29 is 45.0 Å². The number of rotatable bonds is 12. The van der Waals surface area contributed by atoms with Crippen molar-refractivity contribution in [1.29, 1.82) is 0 Å². The quantitative estimate of drug-likeness (QED) is 0.140. The van der Waals surface area contributed by atoms with Crippen molar-refractivity contribution in [2.75, 3.05) is 22.2 Å². The summed E-state index contributed by atoms with van der Waals surface area (Å²) in [5.41, 5.74) is 2.20. The highest BCUT2D eigenvalue weighted by atomic mass is 32.2. The van der Waals surface area contributed by atoms with Gasteiger partial charge < -0.3 is 20.1 Å². The van der Waals surface area contributed by atoms with Gasteiger partial charge in [0.1, 0.15) is 0 Å². The van der Waals surface area contributed by atoms with E-state index >= 15 is 0 Å². The van der Waals surface area contributed by atoms with E-state index in [4.69, 9.17) is 9.90 Å². The van der Waals surface area contributed by atoms with Crippen LogP contribution in [-0.4, -0.2) is 62.1 Å². The number of anilines is 2. The Morgan fingerprint density at radius 3 is 2.13 bits per heavy atom. The molecule has 0 aliphatic carbocycles. The van der Waals surface area contributed by atoms with Crippen molar-refractivity contribution in [2.45, 2.75) is 49.5 Å². The van der Waals surface area contributed by atoms with Crippen molar-refractivity contribution >= 4 is 48.3 Å². The number of fused-ring (bicyclic) bond motifs is 1. The van der Waals surface area contributed by atoms with Gasteiger partial charge in [-0.25, -0.2) is 21.6 Å². The van der Waals surface area contributed by atoms with Crippen LogP contribution in [0.2, 0.25) is 0 Å². The van der Waals surface area contributed by atoms with Gasteiger partial charge in [-0.15, -0.1) is 0 Å². The Hall–Kier alpha value is -4.12. The standard InChI is InChI=1S/C28H34N4O5S2.C2HF3O2/c1-28(2,15-17-32-16-14-21-18-24(12-13-26(21)32)30-38(3,34)35)29-20-27(33)22-8-7-9-23(19-22)31-39(36,37)25-10-5-4-6-11-25;3-2(4,5)1(6)7/h4-14,16,18-19,27,29-31,33H,15,17,20H2,1-3H3;(H,6,7)/t27-;/m0./s1. The summed E-state index contributed by atoms with van der Waals surface area (Å²) in [6, 6.07) is 22.3. The van der Waals surface area contributed by atoms with Crippen LogP contribution in [0.25, 0.3) is 10.9 Å². The van der Waals surface area contributed by atoms with Crippen LogP contribution in [0.15, 0.2) is 90.0 Å². The Bertz CT molecular complexity index is 1860. The van der Waals surface area contributed by atoms with Gasteiger partial charge in [-0.3, -0.25) is 9.44 Å². The van der Waals surface area contributed by atoms with Crippen molar-refractivity contribution in [2.24, 2.45) is 0 Å². The van der Waals surface area contributed by atoms with E-state index < -0.39 is 38.3 Å². The first kappa shape index (κ1) is 36.3. The molecule has 3 aromatic carbocycles. The largest absolute Gasteiger partial charge is 0.490 e. The smallest absolute Gasteiger partial charge is 0.475 e. The molecule has 5 N–H and O–H groups in total. The number of aromatic nitrogens is 1. The monoisotopic (exact) mass is 684 g/mol. The van der Waals surface area contributed by atoms with Crippen molar-refractivity contribution in [3.8, 4) is 0 Å². The molecular formula is C30H35F3N4O7S2. The predicted octanol–water partition coefficient (Wildman–Crippen LogP) is 4.94. The zero-order valence-corrected chi connectivity index (χ0v) is 26.7. The van der Waals surface area contributed by atoms with Crippen molar-refractivity contribution in [1.82, 2.24) is 9.88 Å². The zero-order valence-electron chi connectivity index (χ0n) is 25.1. The summed E-state index contributed by atoms with van der Waals surface area (Å²) in [4.78, 5) is 9.06. The van der Waals surface area contributed by atoms with E-state index in [2.05, 4.69) is 33.2 Å². The molecule has 0 amide bonds. The first-order chi connectivity index (χ1) is 21.3. The lowest BCUT2D eigenvalue weighted by Gasteiger charge is -2.28. The third-order valence-corrected chi connectivity index (χ3v) is 8.65. The maximum absolute atomic E-state index is 12.6. The Labute approximate surface area is 265 Å². The van der Waals surface area contributed by atoms with Gasteiger partial charge in [-0.05, 0) is 74.4 Å². The molecule has 0 aliphatic heterocycles. The molecule has 4 rings (SSSR count). The number of alkyl halides is 3. The SMILES string of the molecule is CC(C)(CCn1ccc2cc(NS(C)(=O)=O)ccc21)NC[C@H](O)c1cccc(NS(=O)(=O)c2ccccc2)c1.O=C(O)C(F)(F)F. The molecule has 0 saturated heterocycles. The lowest BCUT2D eigenvalue weighted by atomic mass is 9.99. The van der Waals surface area contributed by atoms with Crippen LogP contribution < -0.4 is 14.8 Å². The number of nitrogens with one attached hydrogen (secondary N) is 3. The number of sulfonamides is 2. The number of aliphatic hydroxyl groups excluding tert-OH is 1. The number of hydrogen-bond acceptors (Lipinski definition) is 7. The van der Waals surface area contributed by atoms with E-state index in [0.29, 0.717) is 16.9 Å². The van der Waals surface area contributed by atoms with E-state index in [1.54, 1.807) is 54.6 Å². The lowest BCUT2D eigenvalue weighted by Crippen LogP contribution is -2.42. The second-order valence-electron chi connectivity index (χ2n) is 11.0. The summed E-state index contributed by atoms with van der Waals surface area (Å²) in [6.07, 6.45) is -2.05. The van der Waals surface area contributed by atoms with E-state index in [9.17, 15) is 35.1 Å². The molecule has 1 aromatic heterocycles. The normalized spacial score (nSPS) is 13.0. The molecule has 0 fully saturated rings. The zero-order chi connectivity index (χ0) is 34.3. The van der Waals surface area contributed by atoms with Crippen LogP contribution in [0.3, 0.4) is 0 Å². The van der Waals surface area contributed by atoms with Gasteiger partial charge in [0.05, 0.1) is 17.3 Å². The minimum absolute atomic E-state index is 0.167. The molecule has 11 nitrogen and oxygen atoms in total. The van der Waals surface area contributed by atoms with E-state index in [-0.39, 0.29) is 17.0 Å². The van der Waals surface area contributed by atoms with Crippen molar-refractivity contribution in [3.05, 3.63) is 90.6 Å². The second-order valence-corrected chi connectivity index (χ2v) is 14.5. The summed E-state index contributed by atoms with van der Waals surface area (Å²) < 4.78 is 87.2. The molecule has 250 valence electrons. The summed E-state index contributed by atoms with van der Waals surface area (Å²) in [6.45, 7) is 5.12. The van der Waals surface area contributed by atoms with Crippen LogP contribution in [-0.2, 0) is 31.4 Å². The van der Waals surface area contributed by atoms with Crippen LogP contribution in [0, 0.1) is 0 Å². The van der Waals surface area contributed by atoms with Gasteiger partial charge in [0.2, 0.25) is 10.0 Å². The average molecular weight is 685 g/mol. The van der Waals surface area contributed by atoms with Gasteiger partial charge in [0.25, 0.3) is 10.0 Å². The Morgan fingerprint density at radius 1 is 0.891 bits per heavy atom. The van der Waals surface area contributed by atoms with Gasteiger partial charge in [-0.2, -0.15) is 13.2 Å². The number of carboxylic acids is 1. The Kier molecular flexibility index (Phi) is 11.5. The molecule has 0 radical (unpaired) electrons. The van der Waals surface area contributed by atoms with Gasteiger partial charge in [-0.1, -0.05) is 30.3 Å². The van der Waals surface area contributed by atoms with Crippen LogP contribution in [0.1, 0.15) is 31.9 Å². The fraction of sp³-hybridized carbons (Fsp3) is 0.300. The maximum Gasteiger partial charge on any atom is 0.490 e. The highest BCUT2D eigenvalue weighted by Gasteiger charge is 2.38. The number of aliphatic hydroxyl groups is 1. The summed E-state index contributed by atoms with van der Waals surface area (Å²) in [5.74, 6) is -2.76. The van der Waals surface area contributed by atoms with Crippen molar-refractivity contribution in [3.63, 3.8) is 0 Å². The third kappa shape index (κ3) is 11.0. The van der Waals surface area contributed by atoms with Gasteiger partial charge in [0, 0.05) is 47.1 Å². The molecule has 1 heterocycles. The predicted molar refractivity (Wildman–Crippen MR) is 169 cm³/mol. The minimum Gasteiger partial charge on any atom is -0.475 e. The first-order valence-corrected chi connectivity index (χ1v) is 17.1. The minimum atomic E-state index is -5.08. The van der Waals surface area contributed by atoms with E-state index in [0.717, 1.165) is 30.1 Å². The van der Waals surface area contributed by atoms with Crippen LogP contribution in [0.4, 0.5) is 24.5 Å². The summed E-state index contributed by atoms with van der Waals surface area (Å²) in [5, 5.41) is 22.3. The molecular weight excluding hydrogens is 649 g/mol.